The summed E-state index contributed by atoms with van der Waals surface area (Å²) >= 11 is 0. The summed E-state index contributed by atoms with van der Waals surface area (Å²) in [5.74, 6) is 0.352. The van der Waals surface area contributed by atoms with E-state index >= 15 is 0 Å². The van der Waals surface area contributed by atoms with Crippen molar-refractivity contribution in [2.24, 2.45) is 0 Å². The van der Waals surface area contributed by atoms with Crippen LogP contribution in [0.25, 0.3) is 10.8 Å². The molecule has 0 aliphatic heterocycles. The molecule has 21 heavy (non-hydrogen) atoms. The molecule has 3 aromatic rings. The Morgan fingerprint density at radius 2 is 1.71 bits per heavy atom. The molecule has 0 aliphatic carbocycles. The molecule has 1 heterocycles. The lowest BCUT2D eigenvalue weighted by Gasteiger charge is -2.10. The standard InChI is InChI=1S/C16H14N2O2S/c1-12-5-4-10-17-16(12)18-21(19,20)15-9-8-13-6-2-3-7-14(13)11-15/h2-11H,1H3,(H,17,18). The Labute approximate surface area is 123 Å². The zero-order valence-corrected chi connectivity index (χ0v) is 12.3. The fraction of sp³-hybridized carbons (Fsp3) is 0.0625. The van der Waals surface area contributed by atoms with Gasteiger partial charge in [0.15, 0.2) is 0 Å². The number of nitrogens with one attached hydrogen (secondary N) is 1. The average molecular weight is 298 g/mol. The van der Waals surface area contributed by atoms with Crippen molar-refractivity contribution in [2.45, 2.75) is 11.8 Å². The summed E-state index contributed by atoms with van der Waals surface area (Å²) < 4.78 is 27.4. The van der Waals surface area contributed by atoms with E-state index in [9.17, 15) is 8.42 Å². The molecule has 0 unspecified atom stereocenters. The SMILES string of the molecule is Cc1cccnc1NS(=O)(=O)c1ccc2ccccc2c1. The number of fused-ring (bicyclic) bond motifs is 1. The van der Waals surface area contributed by atoms with Crippen molar-refractivity contribution in [3.63, 3.8) is 0 Å². The van der Waals surface area contributed by atoms with E-state index in [4.69, 9.17) is 0 Å². The fourth-order valence-corrected chi connectivity index (χ4v) is 3.23. The maximum absolute atomic E-state index is 12.4. The molecule has 0 spiro atoms. The van der Waals surface area contributed by atoms with Crippen molar-refractivity contribution < 1.29 is 8.42 Å². The molecule has 0 saturated carbocycles. The minimum Gasteiger partial charge on any atom is -0.263 e. The molecule has 106 valence electrons. The molecule has 1 aromatic heterocycles. The average Bonchev–Trinajstić information content (AvgIpc) is 2.49. The van der Waals surface area contributed by atoms with Crippen LogP contribution in [0.4, 0.5) is 5.82 Å². The third-order valence-corrected chi connectivity index (χ3v) is 4.61. The van der Waals surface area contributed by atoms with Gasteiger partial charge in [-0.25, -0.2) is 13.4 Å². The van der Waals surface area contributed by atoms with Crippen molar-refractivity contribution in [3.05, 3.63) is 66.4 Å². The number of sulfonamides is 1. The number of hydrogen-bond acceptors (Lipinski definition) is 3. The summed E-state index contributed by atoms with van der Waals surface area (Å²) in [5.41, 5.74) is 0.780. The number of rotatable bonds is 3. The molecule has 3 rings (SSSR count). The van der Waals surface area contributed by atoms with E-state index in [0.29, 0.717) is 5.82 Å². The van der Waals surface area contributed by atoms with Crippen molar-refractivity contribution in [2.75, 3.05) is 4.72 Å². The number of anilines is 1. The number of aromatic nitrogens is 1. The van der Waals surface area contributed by atoms with Gasteiger partial charge in [0.25, 0.3) is 10.0 Å². The maximum atomic E-state index is 12.4. The molecule has 1 N–H and O–H groups in total. The van der Waals surface area contributed by atoms with Crippen molar-refractivity contribution >= 4 is 26.6 Å². The molecule has 0 atom stereocenters. The van der Waals surface area contributed by atoms with E-state index in [2.05, 4.69) is 9.71 Å². The Hall–Kier alpha value is -2.40. The van der Waals surface area contributed by atoms with Gasteiger partial charge in [-0.3, -0.25) is 4.72 Å². The first-order chi connectivity index (χ1) is 10.1. The lowest BCUT2D eigenvalue weighted by molar-refractivity contribution is 0.601. The minimum absolute atomic E-state index is 0.228. The largest absolute Gasteiger partial charge is 0.263 e. The van der Waals surface area contributed by atoms with Crippen molar-refractivity contribution in [1.82, 2.24) is 4.98 Å². The van der Waals surface area contributed by atoms with E-state index in [1.54, 1.807) is 30.5 Å². The van der Waals surface area contributed by atoms with E-state index in [-0.39, 0.29) is 4.90 Å². The summed E-state index contributed by atoms with van der Waals surface area (Å²) in [5, 5.41) is 1.89. The van der Waals surface area contributed by atoms with Crippen LogP contribution in [-0.4, -0.2) is 13.4 Å². The number of pyridine rings is 1. The summed E-state index contributed by atoms with van der Waals surface area (Å²) in [6, 6.07) is 16.3. The van der Waals surface area contributed by atoms with Gasteiger partial charge in [0.1, 0.15) is 5.82 Å². The smallest absolute Gasteiger partial charge is 0.263 e. The van der Waals surface area contributed by atoms with Crippen LogP contribution in [0.1, 0.15) is 5.56 Å². The van der Waals surface area contributed by atoms with Gasteiger partial charge < -0.3 is 0 Å². The molecular weight excluding hydrogens is 284 g/mol. The van der Waals surface area contributed by atoms with Gasteiger partial charge >= 0.3 is 0 Å². The normalized spacial score (nSPS) is 11.5. The lowest BCUT2D eigenvalue weighted by atomic mass is 10.1. The van der Waals surface area contributed by atoms with Crippen LogP contribution in [0, 0.1) is 6.92 Å². The van der Waals surface area contributed by atoms with Gasteiger partial charge in [-0.15, -0.1) is 0 Å². The quantitative estimate of drug-likeness (QED) is 0.806. The highest BCUT2D eigenvalue weighted by Gasteiger charge is 2.16. The maximum Gasteiger partial charge on any atom is 0.263 e. The Morgan fingerprint density at radius 3 is 2.48 bits per heavy atom. The Morgan fingerprint density at radius 1 is 0.952 bits per heavy atom. The minimum atomic E-state index is -3.64. The van der Waals surface area contributed by atoms with E-state index in [1.165, 1.54) is 0 Å². The first kappa shape index (κ1) is 13.6. The summed E-state index contributed by atoms with van der Waals surface area (Å²) in [6.07, 6.45) is 1.56. The van der Waals surface area contributed by atoms with E-state index in [1.807, 2.05) is 37.3 Å². The molecule has 0 aliphatic rings. The van der Waals surface area contributed by atoms with Crippen LogP contribution in [0.15, 0.2) is 65.7 Å². The van der Waals surface area contributed by atoms with Crippen LogP contribution < -0.4 is 4.72 Å². The van der Waals surface area contributed by atoms with Gasteiger partial charge in [0, 0.05) is 6.20 Å². The Bertz CT molecular complexity index is 905. The van der Waals surface area contributed by atoms with Crippen molar-refractivity contribution in [1.29, 1.82) is 0 Å². The molecule has 4 nitrogen and oxygen atoms in total. The van der Waals surface area contributed by atoms with E-state index < -0.39 is 10.0 Å². The predicted molar refractivity (Wildman–Crippen MR) is 83.7 cm³/mol. The third-order valence-electron chi connectivity index (χ3n) is 3.27. The van der Waals surface area contributed by atoms with Gasteiger partial charge in [-0.1, -0.05) is 36.4 Å². The third kappa shape index (κ3) is 2.73. The molecule has 0 amide bonds. The van der Waals surface area contributed by atoms with Crippen LogP contribution in [0.3, 0.4) is 0 Å². The summed E-state index contributed by atoms with van der Waals surface area (Å²) in [7, 11) is -3.64. The molecule has 0 radical (unpaired) electrons. The van der Waals surface area contributed by atoms with Gasteiger partial charge in [-0.2, -0.15) is 0 Å². The number of hydrogen-bond donors (Lipinski definition) is 1. The first-order valence-corrected chi connectivity index (χ1v) is 7.98. The zero-order valence-electron chi connectivity index (χ0n) is 11.4. The molecule has 5 heteroatoms. The van der Waals surface area contributed by atoms with Crippen LogP contribution >= 0.6 is 0 Å². The second-order valence-electron chi connectivity index (χ2n) is 4.78. The highest BCUT2D eigenvalue weighted by molar-refractivity contribution is 7.92. The molecular formula is C16H14N2O2S. The van der Waals surface area contributed by atoms with Crippen LogP contribution in [0.2, 0.25) is 0 Å². The Balaban J connectivity index is 2.02. The topological polar surface area (TPSA) is 59.1 Å². The van der Waals surface area contributed by atoms with Crippen LogP contribution in [-0.2, 0) is 10.0 Å². The number of benzene rings is 2. The second-order valence-corrected chi connectivity index (χ2v) is 6.47. The fourth-order valence-electron chi connectivity index (χ4n) is 2.11. The molecule has 2 aromatic carbocycles. The number of aryl methyl sites for hydroxylation is 1. The monoisotopic (exact) mass is 298 g/mol. The van der Waals surface area contributed by atoms with Gasteiger partial charge in [-0.05, 0) is 41.5 Å². The second kappa shape index (κ2) is 5.18. The summed E-state index contributed by atoms with van der Waals surface area (Å²) in [4.78, 5) is 4.29. The predicted octanol–water partition coefficient (Wildman–Crippen LogP) is 3.34. The highest BCUT2D eigenvalue weighted by atomic mass is 32.2. The zero-order chi connectivity index (χ0) is 14.9. The summed E-state index contributed by atoms with van der Waals surface area (Å²) in [6.45, 7) is 1.81. The number of nitrogens with zero attached hydrogens (tertiary/aromatic N) is 1. The van der Waals surface area contributed by atoms with Gasteiger partial charge in [0.2, 0.25) is 0 Å². The molecule has 0 bridgehead atoms. The van der Waals surface area contributed by atoms with Crippen LogP contribution in [0.5, 0.6) is 0 Å². The molecule has 0 fully saturated rings. The highest BCUT2D eigenvalue weighted by Crippen LogP contribution is 2.21. The Kier molecular flexibility index (Phi) is 3.35. The van der Waals surface area contributed by atoms with Gasteiger partial charge in [0.05, 0.1) is 4.90 Å². The first-order valence-electron chi connectivity index (χ1n) is 6.49. The van der Waals surface area contributed by atoms with E-state index in [0.717, 1.165) is 16.3 Å². The van der Waals surface area contributed by atoms with Crippen molar-refractivity contribution in [3.8, 4) is 0 Å². The lowest BCUT2D eigenvalue weighted by Crippen LogP contribution is -2.14. The molecule has 0 saturated heterocycles.